The lowest BCUT2D eigenvalue weighted by Gasteiger charge is -2.29. The van der Waals surface area contributed by atoms with Gasteiger partial charge in [-0.3, -0.25) is 4.79 Å². The van der Waals surface area contributed by atoms with E-state index in [1.807, 2.05) is 24.3 Å². The molecule has 3 rings (SSSR count). The second-order valence-electron chi connectivity index (χ2n) is 4.18. The summed E-state index contributed by atoms with van der Waals surface area (Å²) in [6.45, 7) is 1.21. The van der Waals surface area contributed by atoms with Crippen LogP contribution in [0.3, 0.4) is 0 Å². The molecule has 1 aromatic carbocycles. The molecule has 84 valence electrons. The van der Waals surface area contributed by atoms with Gasteiger partial charge < -0.3 is 14.8 Å². The van der Waals surface area contributed by atoms with Crippen molar-refractivity contribution in [3.8, 4) is 11.5 Å². The summed E-state index contributed by atoms with van der Waals surface area (Å²) in [7, 11) is 0. The Balaban J connectivity index is 1.75. The van der Waals surface area contributed by atoms with Crippen LogP contribution in [0.25, 0.3) is 0 Å². The van der Waals surface area contributed by atoms with Crippen LogP contribution in [0, 0.1) is 5.92 Å². The Labute approximate surface area is 93.5 Å². The van der Waals surface area contributed by atoms with Crippen LogP contribution >= 0.6 is 0 Å². The maximum Gasteiger partial charge on any atom is 0.220 e. The van der Waals surface area contributed by atoms with Crippen molar-refractivity contribution >= 4 is 5.91 Å². The summed E-state index contributed by atoms with van der Waals surface area (Å²) in [6, 6.07) is 7.63. The molecule has 0 saturated carbocycles. The van der Waals surface area contributed by atoms with Crippen molar-refractivity contribution < 1.29 is 14.3 Å². The topological polar surface area (TPSA) is 47.6 Å². The number of para-hydroxylation sites is 2. The summed E-state index contributed by atoms with van der Waals surface area (Å²) in [5.74, 6) is 1.89. The molecule has 4 heteroatoms. The third kappa shape index (κ3) is 1.60. The monoisotopic (exact) mass is 219 g/mol. The summed E-state index contributed by atoms with van der Waals surface area (Å²) >= 11 is 0. The maximum atomic E-state index is 11.1. The molecule has 0 aliphatic carbocycles. The summed E-state index contributed by atoms with van der Waals surface area (Å²) in [6.07, 6.45) is 0.518. The van der Waals surface area contributed by atoms with Gasteiger partial charge in [0, 0.05) is 18.9 Å². The Kier molecular flexibility index (Phi) is 2.20. The molecule has 1 saturated heterocycles. The van der Waals surface area contributed by atoms with Crippen LogP contribution in [-0.2, 0) is 4.79 Å². The van der Waals surface area contributed by atoms with Crippen molar-refractivity contribution in [3.63, 3.8) is 0 Å². The van der Waals surface area contributed by atoms with E-state index in [1.54, 1.807) is 0 Å². The second kappa shape index (κ2) is 3.70. The van der Waals surface area contributed by atoms with Crippen LogP contribution < -0.4 is 14.8 Å². The van der Waals surface area contributed by atoms with Gasteiger partial charge in [-0.25, -0.2) is 0 Å². The van der Waals surface area contributed by atoms with E-state index in [2.05, 4.69) is 5.32 Å². The minimum atomic E-state index is -0.0196. The van der Waals surface area contributed by atoms with E-state index in [0.717, 1.165) is 11.5 Å². The molecular formula is C12H13NO3. The van der Waals surface area contributed by atoms with Gasteiger partial charge in [-0.2, -0.15) is 0 Å². The Morgan fingerprint density at radius 2 is 2.06 bits per heavy atom. The second-order valence-corrected chi connectivity index (χ2v) is 4.18. The molecule has 2 unspecified atom stereocenters. The van der Waals surface area contributed by atoms with Crippen molar-refractivity contribution in [1.29, 1.82) is 0 Å². The van der Waals surface area contributed by atoms with E-state index in [9.17, 15) is 4.79 Å². The number of ether oxygens (including phenoxy) is 2. The fraction of sp³-hybridized carbons (Fsp3) is 0.417. The predicted octanol–water partition coefficient (Wildman–Crippen LogP) is 0.962. The highest BCUT2D eigenvalue weighted by Gasteiger charge is 2.33. The number of benzene rings is 1. The first-order valence-electron chi connectivity index (χ1n) is 5.48. The Hall–Kier alpha value is -1.71. The normalized spacial score (nSPS) is 27.6. The van der Waals surface area contributed by atoms with Gasteiger partial charge in [-0.15, -0.1) is 0 Å². The zero-order valence-corrected chi connectivity index (χ0v) is 8.81. The lowest BCUT2D eigenvalue weighted by molar-refractivity contribution is -0.119. The summed E-state index contributed by atoms with van der Waals surface area (Å²) in [4.78, 5) is 11.1. The maximum absolute atomic E-state index is 11.1. The lowest BCUT2D eigenvalue weighted by Crippen LogP contribution is -2.37. The van der Waals surface area contributed by atoms with Crippen LogP contribution in [0.1, 0.15) is 6.42 Å². The van der Waals surface area contributed by atoms with Gasteiger partial charge in [0.25, 0.3) is 0 Å². The highest BCUT2D eigenvalue weighted by atomic mass is 16.6. The van der Waals surface area contributed by atoms with Gasteiger partial charge in [0.05, 0.1) is 0 Å². The van der Waals surface area contributed by atoms with Crippen molar-refractivity contribution in [2.24, 2.45) is 5.92 Å². The molecule has 0 bridgehead atoms. The van der Waals surface area contributed by atoms with E-state index in [1.165, 1.54) is 0 Å². The molecule has 1 fully saturated rings. The standard InChI is InChI=1S/C12H13NO3/c14-12-5-8(6-13-12)11-7-15-9-3-1-2-4-10(9)16-11/h1-4,8,11H,5-7H2,(H,13,14). The molecular weight excluding hydrogens is 206 g/mol. The molecule has 1 amide bonds. The fourth-order valence-electron chi connectivity index (χ4n) is 2.16. The summed E-state index contributed by atoms with van der Waals surface area (Å²) in [5, 5.41) is 2.82. The third-order valence-electron chi connectivity index (χ3n) is 3.07. The summed E-state index contributed by atoms with van der Waals surface area (Å²) in [5.41, 5.74) is 0. The summed E-state index contributed by atoms with van der Waals surface area (Å²) < 4.78 is 11.5. The van der Waals surface area contributed by atoms with Crippen LogP contribution in [-0.4, -0.2) is 25.2 Å². The average Bonchev–Trinajstić information content (AvgIpc) is 2.75. The fourth-order valence-corrected chi connectivity index (χ4v) is 2.16. The minimum Gasteiger partial charge on any atom is -0.486 e. The quantitative estimate of drug-likeness (QED) is 0.765. The molecule has 0 aromatic heterocycles. The predicted molar refractivity (Wildman–Crippen MR) is 57.5 cm³/mol. The first-order chi connectivity index (χ1) is 7.83. The molecule has 4 nitrogen and oxygen atoms in total. The van der Waals surface area contributed by atoms with Gasteiger partial charge in [0.2, 0.25) is 5.91 Å². The SMILES string of the molecule is O=C1CC(C2COc3ccccc3O2)CN1. The van der Waals surface area contributed by atoms with Crippen LogP contribution in [0.4, 0.5) is 0 Å². The average molecular weight is 219 g/mol. The molecule has 2 atom stereocenters. The zero-order valence-electron chi connectivity index (χ0n) is 8.81. The Morgan fingerprint density at radius 1 is 1.25 bits per heavy atom. The molecule has 1 aromatic rings. The van der Waals surface area contributed by atoms with Gasteiger partial charge >= 0.3 is 0 Å². The number of fused-ring (bicyclic) bond motifs is 1. The van der Waals surface area contributed by atoms with E-state index in [4.69, 9.17) is 9.47 Å². The van der Waals surface area contributed by atoms with Crippen molar-refractivity contribution in [3.05, 3.63) is 24.3 Å². The van der Waals surface area contributed by atoms with Crippen LogP contribution in [0.2, 0.25) is 0 Å². The Bertz CT molecular complexity index is 418. The highest BCUT2D eigenvalue weighted by Crippen LogP contribution is 2.33. The number of hydrogen-bond acceptors (Lipinski definition) is 3. The third-order valence-corrected chi connectivity index (χ3v) is 3.07. The van der Waals surface area contributed by atoms with Gasteiger partial charge in [0.1, 0.15) is 12.7 Å². The number of carbonyl (C=O) groups is 1. The molecule has 16 heavy (non-hydrogen) atoms. The number of rotatable bonds is 1. The smallest absolute Gasteiger partial charge is 0.220 e. The Morgan fingerprint density at radius 3 is 2.81 bits per heavy atom. The molecule has 2 aliphatic rings. The number of nitrogens with one attached hydrogen (secondary N) is 1. The first kappa shape index (κ1) is 9.51. The van der Waals surface area contributed by atoms with Crippen LogP contribution in [0.15, 0.2) is 24.3 Å². The van der Waals surface area contributed by atoms with Crippen LogP contribution in [0.5, 0.6) is 11.5 Å². The highest BCUT2D eigenvalue weighted by molar-refractivity contribution is 5.78. The number of hydrogen-bond donors (Lipinski definition) is 1. The minimum absolute atomic E-state index is 0.0196. The molecule has 2 heterocycles. The van der Waals surface area contributed by atoms with Crippen molar-refractivity contribution in [1.82, 2.24) is 5.32 Å². The lowest BCUT2D eigenvalue weighted by atomic mass is 10.0. The largest absolute Gasteiger partial charge is 0.486 e. The molecule has 0 spiro atoms. The van der Waals surface area contributed by atoms with E-state index < -0.39 is 0 Å². The van der Waals surface area contributed by atoms with Crippen molar-refractivity contribution in [2.75, 3.05) is 13.2 Å². The van der Waals surface area contributed by atoms with Gasteiger partial charge in [-0.1, -0.05) is 12.1 Å². The molecule has 1 N–H and O–H groups in total. The van der Waals surface area contributed by atoms with E-state index in [-0.39, 0.29) is 17.9 Å². The zero-order chi connectivity index (χ0) is 11.0. The van der Waals surface area contributed by atoms with E-state index >= 15 is 0 Å². The van der Waals surface area contributed by atoms with E-state index in [0.29, 0.717) is 19.6 Å². The number of carbonyl (C=O) groups excluding carboxylic acids is 1. The molecule has 0 radical (unpaired) electrons. The first-order valence-corrected chi connectivity index (χ1v) is 5.48. The number of amides is 1. The van der Waals surface area contributed by atoms with Gasteiger partial charge in [-0.05, 0) is 12.1 Å². The molecule has 2 aliphatic heterocycles. The van der Waals surface area contributed by atoms with Gasteiger partial charge in [0.15, 0.2) is 11.5 Å². The van der Waals surface area contributed by atoms with Crippen molar-refractivity contribution in [2.45, 2.75) is 12.5 Å².